The molecule has 0 aliphatic carbocycles. The number of hydrogen-bond donors (Lipinski definition) is 1. The van der Waals surface area contributed by atoms with Crippen molar-refractivity contribution in [3.05, 3.63) is 23.2 Å². The molecule has 0 aromatic heterocycles. The third-order valence-electron chi connectivity index (χ3n) is 2.87. The Morgan fingerprint density at radius 3 is 2.79 bits per heavy atom. The lowest BCUT2D eigenvalue weighted by atomic mass is 10.1. The summed E-state index contributed by atoms with van der Waals surface area (Å²) in [5, 5.41) is 10.0. The summed E-state index contributed by atoms with van der Waals surface area (Å²) in [4.78, 5) is 13.0. The summed E-state index contributed by atoms with van der Waals surface area (Å²) in [5.41, 5.74) is 0.205. The third kappa shape index (κ3) is 3.36. The fraction of sp³-hybridized carbons (Fsp3) is 0.364. The maximum atomic E-state index is 12.6. The highest BCUT2D eigenvalue weighted by molar-refractivity contribution is 7.86. The van der Waals surface area contributed by atoms with Gasteiger partial charge in [0.2, 0.25) is 5.91 Å². The van der Waals surface area contributed by atoms with E-state index in [1.54, 1.807) is 0 Å². The third-order valence-corrected chi connectivity index (χ3v) is 3.97. The van der Waals surface area contributed by atoms with Crippen LogP contribution in [0.4, 0.5) is 9.57 Å². The summed E-state index contributed by atoms with van der Waals surface area (Å²) in [7, 11) is -4.62. The first kappa shape index (κ1) is 14.1. The summed E-state index contributed by atoms with van der Waals surface area (Å²) in [6.45, 7) is 0.0376. The van der Waals surface area contributed by atoms with Gasteiger partial charge in [0.05, 0.1) is 11.4 Å². The second kappa shape index (κ2) is 4.97. The Morgan fingerprint density at radius 1 is 1.47 bits per heavy atom. The second-order valence-corrected chi connectivity index (χ2v) is 6.26. The molecule has 1 saturated heterocycles. The summed E-state index contributed by atoms with van der Waals surface area (Å²) >= 11 is 5.78. The Kier molecular flexibility index (Phi) is 3.69. The van der Waals surface area contributed by atoms with Crippen LogP contribution in [0.1, 0.15) is 6.42 Å². The monoisotopic (exact) mass is 307 g/mol. The fourth-order valence-electron chi connectivity index (χ4n) is 2.12. The predicted octanol–water partition coefficient (Wildman–Crippen LogP) is 1.70. The number of carbonyl (C=O) groups is 1. The van der Waals surface area contributed by atoms with Crippen molar-refractivity contribution >= 4 is 33.4 Å². The largest absolute Gasteiger partial charge is 0.506 e. The van der Waals surface area contributed by atoms with Crippen LogP contribution < -0.4 is 4.90 Å². The van der Waals surface area contributed by atoms with Crippen LogP contribution in [-0.2, 0) is 15.0 Å². The van der Waals surface area contributed by atoms with Crippen molar-refractivity contribution in [2.75, 3.05) is 17.2 Å². The number of aromatic hydroxyl groups is 1. The smallest absolute Gasteiger partial charge is 0.302 e. The van der Waals surface area contributed by atoms with Crippen LogP contribution in [0.15, 0.2) is 18.2 Å². The van der Waals surface area contributed by atoms with Gasteiger partial charge in [0, 0.05) is 23.9 Å². The average Bonchev–Trinajstić information content (AvgIpc) is 2.60. The predicted molar refractivity (Wildman–Crippen MR) is 68.5 cm³/mol. The molecule has 1 aliphatic heterocycles. The number of rotatable bonds is 3. The van der Waals surface area contributed by atoms with E-state index in [1.165, 1.54) is 23.1 Å². The van der Waals surface area contributed by atoms with Gasteiger partial charge < -0.3 is 10.0 Å². The minimum Gasteiger partial charge on any atom is -0.506 e. The molecule has 1 aliphatic rings. The van der Waals surface area contributed by atoms with E-state index in [2.05, 4.69) is 0 Å². The van der Waals surface area contributed by atoms with Crippen molar-refractivity contribution in [3.63, 3.8) is 0 Å². The number of hydrogen-bond acceptors (Lipinski definition) is 4. The molecule has 1 N–H and O–H groups in total. The van der Waals surface area contributed by atoms with Crippen LogP contribution in [0.5, 0.6) is 5.75 Å². The number of anilines is 1. The molecular weight excluding hydrogens is 297 g/mol. The minimum atomic E-state index is -4.62. The van der Waals surface area contributed by atoms with Crippen molar-refractivity contribution in [1.82, 2.24) is 0 Å². The maximum Gasteiger partial charge on any atom is 0.302 e. The number of nitrogens with zero attached hydrogens (tertiary/aromatic N) is 1. The molecule has 0 spiro atoms. The minimum absolute atomic E-state index is 0.0376. The molecule has 0 radical (unpaired) electrons. The van der Waals surface area contributed by atoms with E-state index in [1.807, 2.05) is 0 Å². The maximum absolute atomic E-state index is 12.6. The van der Waals surface area contributed by atoms with E-state index in [9.17, 15) is 22.2 Å². The molecule has 5 nitrogen and oxygen atoms in total. The van der Waals surface area contributed by atoms with Crippen LogP contribution in [-0.4, -0.2) is 31.7 Å². The topological polar surface area (TPSA) is 74.7 Å². The molecule has 0 saturated carbocycles. The lowest BCUT2D eigenvalue weighted by Crippen LogP contribution is -2.25. The molecule has 2 rings (SSSR count). The zero-order valence-electron chi connectivity index (χ0n) is 9.71. The molecule has 1 unspecified atom stereocenters. The first-order chi connectivity index (χ1) is 8.76. The van der Waals surface area contributed by atoms with E-state index >= 15 is 0 Å². The van der Waals surface area contributed by atoms with Crippen LogP contribution in [0.25, 0.3) is 0 Å². The highest BCUT2D eigenvalue weighted by atomic mass is 35.5. The zero-order chi connectivity index (χ0) is 14.2. The number of phenolic OH excluding ortho intramolecular Hbond substituents is 1. The fourth-order valence-corrected chi connectivity index (χ4v) is 3.07. The Balaban J connectivity index is 2.23. The van der Waals surface area contributed by atoms with Crippen molar-refractivity contribution < 1.29 is 22.2 Å². The molecule has 19 heavy (non-hydrogen) atoms. The van der Waals surface area contributed by atoms with Crippen LogP contribution in [0, 0.1) is 5.92 Å². The van der Waals surface area contributed by atoms with E-state index in [4.69, 9.17) is 11.6 Å². The Bertz CT molecular complexity index is 619. The normalized spacial score (nSPS) is 20.0. The highest BCUT2D eigenvalue weighted by Gasteiger charge is 2.34. The van der Waals surface area contributed by atoms with Crippen LogP contribution in [0.2, 0.25) is 5.02 Å². The number of carbonyl (C=O) groups excluding carboxylic acids is 1. The highest BCUT2D eigenvalue weighted by Crippen LogP contribution is 2.34. The second-order valence-electron chi connectivity index (χ2n) is 4.41. The molecule has 8 heteroatoms. The average molecular weight is 308 g/mol. The molecular formula is C11H11ClFNO4S. The Hall–Kier alpha value is -1.34. The van der Waals surface area contributed by atoms with Crippen LogP contribution >= 0.6 is 11.6 Å². The summed E-state index contributed by atoms with van der Waals surface area (Å²) < 4.78 is 33.8. The van der Waals surface area contributed by atoms with Gasteiger partial charge in [-0.3, -0.25) is 4.79 Å². The van der Waals surface area contributed by atoms with Gasteiger partial charge in [-0.1, -0.05) is 11.6 Å². The quantitative estimate of drug-likeness (QED) is 0.862. The van der Waals surface area contributed by atoms with E-state index in [-0.39, 0.29) is 30.3 Å². The van der Waals surface area contributed by atoms with Gasteiger partial charge in [-0.25, -0.2) is 0 Å². The molecule has 1 amide bonds. The van der Waals surface area contributed by atoms with Gasteiger partial charge in [0.15, 0.2) is 0 Å². The Labute approximate surface area is 114 Å². The SMILES string of the molecule is O=C1CC(CS(=O)(=O)F)CN1c1cc(Cl)ccc1O. The van der Waals surface area contributed by atoms with Crippen LogP contribution in [0.3, 0.4) is 0 Å². The van der Waals surface area contributed by atoms with Crippen molar-refractivity contribution in [2.45, 2.75) is 6.42 Å². The number of halogens is 2. The summed E-state index contributed by atoms with van der Waals surface area (Å²) in [6.07, 6.45) is -0.0743. The number of benzene rings is 1. The van der Waals surface area contributed by atoms with E-state index in [0.29, 0.717) is 5.02 Å². The standard InChI is InChI=1S/C11H11ClFNO4S/c12-8-1-2-10(15)9(4-8)14-5-7(3-11(14)16)6-19(13,17)18/h1-2,4,7,15H,3,5-6H2. The molecule has 1 heterocycles. The zero-order valence-corrected chi connectivity index (χ0v) is 11.3. The molecule has 1 aromatic carbocycles. The number of amides is 1. The van der Waals surface area contributed by atoms with Gasteiger partial charge >= 0.3 is 10.2 Å². The van der Waals surface area contributed by atoms with Gasteiger partial charge in [-0.15, -0.1) is 3.89 Å². The number of phenols is 1. The molecule has 104 valence electrons. The van der Waals surface area contributed by atoms with Crippen molar-refractivity contribution in [1.29, 1.82) is 0 Å². The molecule has 1 atom stereocenters. The molecule has 1 fully saturated rings. The van der Waals surface area contributed by atoms with Gasteiger partial charge in [0.25, 0.3) is 0 Å². The molecule has 0 bridgehead atoms. The summed E-state index contributed by atoms with van der Waals surface area (Å²) in [5.74, 6) is -1.83. The Morgan fingerprint density at radius 2 is 2.16 bits per heavy atom. The lowest BCUT2D eigenvalue weighted by molar-refractivity contribution is -0.117. The molecule has 1 aromatic rings. The van der Waals surface area contributed by atoms with Crippen molar-refractivity contribution in [3.8, 4) is 5.75 Å². The first-order valence-electron chi connectivity index (χ1n) is 5.47. The van der Waals surface area contributed by atoms with E-state index < -0.39 is 21.9 Å². The van der Waals surface area contributed by atoms with E-state index in [0.717, 1.165) is 0 Å². The van der Waals surface area contributed by atoms with Crippen molar-refractivity contribution in [2.24, 2.45) is 5.92 Å². The first-order valence-corrected chi connectivity index (χ1v) is 7.40. The van der Waals surface area contributed by atoms with Gasteiger partial charge in [-0.2, -0.15) is 8.42 Å². The van der Waals surface area contributed by atoms with Gasteiger partial charge in [-0.05, 0) is 18.2 Å². The lowest BCUT2D eigenvalue weighted by Gasteiger charge is -2.18. The van der Waals surface area contributed by atoms with Gasteiger partial charge in [0.1, 0.15) is 5.75 Å². The summed E-state index contributed by atoms with van der Waals surface area (Å²) in [6, 6.07) is 4.20.